The molecule has 1 aromatic carbocycles. The molecule has 0 aliphatic rings. The molecule has 0 bridgehead atoms. The van der Waals surface area contributed by atoms with Gasteiger partial charge in [-0.05, 0) is 45.5 Å². The molecule has 0 aliphatic heterocycles. The molecule has 3 rings (SSSR count). The van der Waals surface area contributed by atoms with Gasteiger partial charge in [0, 0.05) is 30.5 Å². The maximum absolute atomic E-state index is 12.9. The van der Waals surface area contributed by atoms with Crippen LogP contribution in [0.5, 0.6) is 0 Å². The van der Waals surface area contributed by atoms with Gasteiger partial charge in [-0.3, -0.25) is 9.59 Å². The van der Waals surface area contributed by atoms with Crippen molar-refractivity contribution in [1.82, 2.24) is 25.8 Å². The van der Waals surface area contributed by atoms with Crippen molar-refractivity contribution in [2.75, 3.05) is 18.9 Å². The highest BCUT2D eigenvalue weighted by molar-refractivity contribution is 7.17. The second kappa shape index (κ2) is 11.5. The predicted octanol–water partition coefficient (Wildman–Crippen LogP) is 2.63. The minimum absolute atomic E-state index is 0.0141. The molecule has 1 atom stereocenters. The van der Waals surface area contributed by atoms with Crippen molar-refractivity contribution in [2.45, 2.75) is 39.2 Å². The summed E-state index contributed by atoms with van der Waals surface area (Å²) < 4.78 is 5.00. The second-order valence-corrected chi connectivity index (χ2v) is 8.62. The maximum atomic E-state index is 12.9. The Morgan fingerprint density at radius 2 is 2.00 bits per heavy atom. The number of anilines is 1. The number of nitrogens with one attached hydrogen (secondary N) is 3. The SMILES string of the molecule is CNCCCC(CC(=O)Nc1nc(C)c(C(=O)O)s1)NC(=O)c1cccc(-c2noc(C)n2)c1. The van der Waals surface area contributed by atoms with Gasteiger partial charge in [-0.1, -0.05) is 28.6 Å². The van der Waals surface area contributed by atoms with Gasteiger partial charge in [0.05, 0.1) is 5.69 Å². The van der Waals surface area contributed by atoms with E-state index in [1.807, 2.05) is 7.05 Å². The zero-order valence-corrected chi connectivity index (χ0v) is 19.9. The molecule has 2 aromatic heterocycles. The molecule has 0 saturated carbocycles. The highest BCUT2D eigenvalue weighted by Crippen LogP contribution is 2.23. The van der Waals surface area contributed by atoms with Gasteiger partial charge in [-0.25, -0.2) is 9.78 Å². The van der Waals surface area contributed by atoms with Gasteiger partial charge < -0.3 is 25.6 Å². The summed E-state index contributed by atoms with van der Waals surface area (Å²) in [6, 6.07) is 6.40. The van der Waals surface area contributed by atoms with Crippen LogP contribution in [0.3, 0.4) is 0 Å². The first-order chi connectivity index (χ1) is 16.3. The normalized spacial score (nSPS) is 11.7. The van der Waals surface area contributed by atoms with Crippen molar-refractivity contribution >= 4 is 34.3 Å². The Balaban J connectivity index is 1.68. The van der Waals surface area contributed by atoms with E-state index in [2.05, 4.69) is 31.1 Å². The Labute approximate surface area is 200 Å². The lowest BCUT2D eigenvalue weighted by Crippen LogP contribution is -2.38. The number of rotatable bonds is 11. The standard InChI is InChI=1S/C22H26N6O5S/c1-12-18(21(31)32)34-22(24-12)27-17(29)11-16(8-5-9-23-3)26-20(30)15-7-4-6-14(10-15)19-25-13(2)33-28-19/h4,6-7,10,16,23H,5,8-9,11H2,1-3H3,(H,26,30)(H,31,32)(H,24,27,29). The lowest BCUT2D eigenvalue weighted by Gasteiger charge is -2.18. The molecule has 2 heterocycles. The molecule has 4 N–H and O–H groups in total. The molecular formula is C22H26N6O5S. The third-order valence-electron chi connectivity index (χ3n) is 4.89. The number of aromatic carboxylic acids is 1. The predicted molar refractivity (Wildman–Crippen MR) is 126 cm³/mol. The van der Waals surface area contributed by atoms with Gasteiger partial charge in [0.15, 0.2) is 5.13 Å². The zero-order chi connectivity index (χ0) is 24.7. The van der Waals surface area contributed by atoms with E-state index in [1.54, 1.807) is 38.1 Å². The van der Waals surface area contributed by atoms with Crippen molar-refractivity contribution in [3.05, 3.63) is 46.3 Å². The Morgan fingerprint density at radius 1 is 1.21 bits per heavy atom. The average Bonchev–Trinajstić information content (AvgIpc) is 3.39. The minimum atomic E-state index is -1.09. The average molecular weight is 487 g/mol. The maximum Gasteiger partial charge on any atom is 0.347 e. The van der Waals surface area contributed by atoms with Crippen LogP contribution >= 0.6 is 11.3 Å². The van der Waals surface area contributed by atoms with Gasteiger partial charge in [-0.15, -0.1) is 0 Å². The highest BCUT2D eigenvalue weighted by atomic mass is 32.1. The fourth-order valence-electron chi connectivity index (χ4n) is 3.28. The Kier molecular flexibility index (Phi) is 8.44. The van der Waals surface area contributed by atoms with Crippen molar-refractivity contribution < 1.29 is 24.0 Å². The summed E-state index contributed by atoms with van der Waals surface area (Å²) in [6.07, 6.45) is 1.33. The van der Waals surface area contributed by atoms with Gasteiger partial charge >= 0.3 is 5.97 Å². The molecule has 0 fully saturated rings. The molecule has 1 unspecified atom stereocenters. The summed E-state index contributed by atoms with van der Waals surface area (Å²) >= 11 is 0.897. The van der Waals surface area contributed by atoms with Crippen molar-refractivity contribution in [3.63, 3.8) is 0 Å². The van der Waals surface area contributed by atoms with Crippen molar-refractivity contribution in [2.24, 2.45) is 0 Å². The third kappa shape index (κ3) is 6.68. The lowest BCUT2D eigenvalue weighted by molar-refractivity contribution is -0.116. The number of aryl methyl sites for hydroxylation is 2. The summed E-state index contributed by atoms with van der Waals surface area (Å²) in [4.78, 5) is 45.1. The number of carbonyl (C=O) groups is 3. The third-order valence-corrected chi connectivity index (χ3v) is 5.95. The summed E-state index contributed by atoms with van der Waals surface area (Å²) in [5.74, 6) is -0.979. The Bertz CT molecular complexity index is 1170. The van der Waals surface area contributed by atoms with E-state index in [1.165, 1.54) is 0 Å². The fourth-order valence-corrected chi connectivity index (χ4v) is 4.10. The second-order valence-electron chi connectivity index (χ2n) is 7.62. The Hall–Kier alpha value is -3.64. The topological polar surface area (TPSA) is 159 Å². The van der Waals surface area contributed by atoms with E-state index in [4.69, 9.17) is 4.52 Å². The van der Waals surface area contributed by atoms with Crippen LogP contribution in [0.1, 0.15) is 50.9 Å². The van der Waals surface area contributed by atoms with Crippen molar-refractivity contribution in [3.8, 4) is 11.4 Å². The summed E-state index contributed by atoms with van der Waals surface area (Å²) in [6.45, 7) is 3.98. The number of aromatic nitrogens is 3. The number of hydrogen-bond donors (Lipinski definition) is 4. The fraction of sp³-hybridized carbons (Fsp3) is 0.364. The number of carboxylic acids is 1. The van der Waals surface area contributed by atoms with Crippen LogP contribution < -0.4 is 16.0 Å². The highest BCUT2D eigenvalue weighted by Gasteiger charge is 2.20. The number of benzene rings is 1. The molecule has 0 aliphatic carbocycles. The molecule has 11 nitrogen and oxygen atoms in total. The van der Waals surface area contributed by atoms with E-state index < -0.39 is 12.0 Å². The van der Waals surface area contributed by atoms with Crippen LogP contribution in [-0.4, -0.2) is 57.6 Å². The first-order valence-corrected chi connectivity index (χ1v) is 11.4. The molecule has 0 saturated heterocycles. The summed E-state index contributed by atoms with van der Waals surface area (Å²) in [5.41, 5.74) is 1.38. The lowest BCUT2D eigenvalue weighted by atomic mass is 10.1. The number of carboxylic acid groups (broad SMARTS) is 1. The van der Waals surface area contributed by atoms with Crippen LogP contribution in [0.4, 0.5) is 5.13 Å². The minimum Gasteiger partial charge on any atom is -0.477 e. The van der Waals surface area contributed by atoms with Crippen LogP contribution in [0.25, 0.3) is 11.4 Å². The summed E-state index contributed by atoms with van der Waals surface area (Å²) in [7, 11) is 1.83. The molecule has 34 heavy (non-hydrogen) atoms. The summed E-state index contributed by atoms with van der Waals surface area (Å²) in [5, 5.41) is 21.9. The number of nitrogens with zero attached hydrogens (tertiary/aromatic N) is 3. The molecule has 0 spiro atoms. The smallest absolute Gasteiger partial charge is 0.347 e. The molecular weight excluding hydrogens is 460 g/mol. The first-order valence-electron chi connectivity index (χ1n) is 10.6. The largest absolute Gasteiger partial charge is 0.477 e. The zero-order valence-electron chi connectivity index (χ0n) is 19.0. The number of amides is 2. The van der Waals surface area contributed by atoms with Crippen LogP contribution in [-0.2, 0) is 4.79 Å². The van der Waals surface area contributed by atoms with E-state index in [0.717, 1.165) is 24.3 Å². The van der Waals surface area contributed by atoms with Crippen LogP contribution in [0.2, 0.25) is 0 Å². The van der Waals surface area contributed by atoms with Gasteiger partial charge in [0.1, 0.15) is 4.88 Å². The quantitative estimate of drug-likeness (QED) is 0.299. The molecule has 12 heteroatoms. The molecule has 180 valence electrons. The molecule has 0 radical (unpaired) electrons. The van der Waals surface area contributed by atoms with Gasteiger partial charge in [0.2, 0.25) is 17.6 Å². The Morgan fingerprint density at radius 3 is 2.65 bits per heavy atom. The van der Waals surface area contributed by atoms with Gasteiger partial charge in [-0.2, -0.15) is 4.98 Å². The van der Waals surface area contributed by atoms with E-state index in [-0.39, 0.29) is 28.2 Å². The molecule has 2 amide bonds. The van der Waals surface area contributed by atoms with Crippen LogP contribution in [0, 0.1) is 13.8 Å². The van der Waals surface area contributed by atoms with Crippen LogP contribution in [0.15, 0.2) is 28.8 Å². The monoisotopic (exact) mass is 486 g/mol. The first kappa shape index (κ1) is 25.0. The van der Waals surface area contributed by atoms with E-state index in [9.17, 15) is 19.5 Å². The van der Waals surface area contributed by atoms with E-state index in [0.29, 0.717) is 35.0 Å². The number of hydrogen-bond acceptors (Lipinski definition) is 9. The number of carbonyl (C=O) groups excluding carboxylic acids is 2. The van der Waals surface area contributed by atoms with Gasteiger partial charge in [0.25, 0.3) is 5.91 Å². The van der Waals surface area contributed by atoms with E-state index >= 15 is 0 Å². The molecule has 3 aromatic rings. The van der Waals surface area contributed by atoms with Crippen molar-refractivity contribution in [1.29, 1.82) is 0 Å². The number of thiazole rings is 1.